The van der Waals surface area contributed by atoms with Crippen molar-refractivity contribution in [3.63, 3.8) is 0 Å². The van der Waals surface area contributed by atoms with Crippen molar-refractivity contribution in [3.8, 4) is 44.5 Å². The van der Waals surface area contributed by atoms with Gasteiger partial charge in [-0.15, -0.1) is 0 Å². The molecule has 10 rings (SSSR count). The third kappa shape index (κ3) is 12.7. The number of hydrogen-bond acceptors (Lipinski definition) is 0. The summed E-state index contributed by atoms with van der Waals surface area (Å²) < 4.78 is 0. The number of hydrogen-bond donors (Lipinski definition) is 0. The Morgan fingerprint density at radius 3 is 1.12 bits per heavy atom. The number of allylic oxidation sites excluding steroid dienone is 1. The Bertz CT molecular complexity index is 3350. The van der Waals surface area contributed by atoms with Crippen LogP contribution in [0.15, 0.2) is 152 Å². The van der Waals surface area contributed by atoms with Crippen LogP contribution in [0.1, 0.15) is 253 Å². The highest BCUT2D eigenvalue weighted by Gasteiger charge is 2.45. The van der Waals surface area contributed by atoms with E-state index in [2.05, 4.69) is 199 Å². The number of fused-ring (bicyclic) bond motifs is 10. The highest BCUT2D eigenvalue weighted by molar-refractivity contribution is 6.11. The third-order valence-electron chi connectivity index (χ3n) is 19.9. The Balaban J connectivity index is 1.09. The van der Waals surface area contributed by atoms with Crippen molar-refractivity contribution in [1.82, 2.24) is 0 Å². The smallest absolute Gasteiger partial charge is 0.0215 e. The molecular formula is C82H100. The molecule has 0 aliphatic heterocycles. The topological polar surface area (TPSA) is 0 Å². The second kappa shape index (κ2) is 28.5. The van der Waals surface area contributed by atoms with E-state index < -0.39 is 0 Å². The molecule has 0 radical (unpaired) electrons. The minimum absolute atomic E-state index is 0.0150. The highest BCUT2D eigenvalue weighted by atomic mass is 14.5. The lowest BCUT2D eigenvalue weighted by atomic mass is 9.69. The molecule has 0 atom stereocenters. The van der Waals surface area contributed by atoms with E-state index in [1.807, 2.05) is 0 Å². The maximum Gasteiger partial charge on any atom is 0.0215 e. The molecule has 0 nitrogen and oxygen atoms in total. The molecule has 8 aromatic rings. The zero-order valence-electron chi connectivity index (χ0n) is 51.8. The van der Waals surface area contributed by atoms with Gasteiger partial charge in [-0.2, -0.15) is 0 Å². The number of aryl methyl sites for hydroxylation is 1. The Labute approximate surface area is 497 Å². The van der Waals surface area contributed by atoms with E-state index in [1.165, 1.54) is 268 Å². The molecule has 2 aliphatic rings. The molecule has 0 fully saturated rings. The third-order valence-corrected chi connectivity index (χ3v) is 19.9. The van der Waals surface area contributed by atoms with E-state index in [4.69, 9.17) is 0 Å². The predicted molar refractivity (Wildman–Crippen MR) is 361 cm³/mol. The number of unbranched alkanes of at least 4 members (excludes halogenated alkanes) is 20. The molecule has 0 heteroatoms. The van der Waals surface area contributed by atoms with Crippen LogP contribution in [0.3, 0.4) is 0 Å². The zero-order valence-corrected chi connectivity index (χ0v) is 51.8. The van der Waals surface area contributed by atoms with Crippen LogP contribution in [-0.2, 0) is 10.8 Å². The largest absolute Gasteiger partial charge is 0.0654 e. The fraction of sp³-hybridized carbons (Fsp3) is 0.439. The van der Waals surface area contributed by atoms with E-state index >= 15 is 0 Å². The summed E-state index contributed by atoms with van der Waals surface area (Å²) in [6.07, 6.45) is 39.0. The lowest BCUT2D eigenvalue weighted by molar-refractivity contribution is 0.398. The van der Waals surface area contributed by atoms with Crippen molar-refractivity contribution in [2.24, 2.45) is 0 Å². The molecule has 0 N–H and O–H groups in total. The van der Waals surface area contributed by atoms with E-state index in [0.717, 1.165) is 0 Å². The SMILES string of the molecule is CCCCCCCCC1(CCCCCCCC)c2cc(C)ccc2-c2c1cc(-c1ccc(-c3cc4c(c5ccccc35)-c3ccc(C=C(C)c5ccccc5)cc3C4(CCCCCCCC)CCCCCCCC)cc1)c1ccccc21. The summed E-state index contributed by atoms with van der Waals surface area (Å²) in [6, 6.07) is 60.3. The van der Waals surface area contributed by atoms with Crippen LogP contribution >= 0.6 is 0 Å². The van der Waals surface area contributed by atoms with Gasteiger partial charge >= 0.3 is 0 Å². The molecular weight excluding hydrogens is 985 g/mol. The maximum atomic E-state index is 2.72. The molecule has 0 heterocycles. The monoisotopic (exact) mass is 1080 g/mol. The minimum atomic E-state index is -0.0552. The summed E-state index contributed by atoms with van der Waals surface area (Å²) in [7, 11) is 0. The van der Waals surface area contributed by atoms with Crippen LogP contribution in [-0.4, -0.2) is 0 Å². The Kier molecular flexibility index (Phi) is 20.6. The quantitative estimate of drug-likeness (QED) is 0.0291. The molecule has 0 unspecified atom stereocenters. The lowest BCUT2D eigenvalue weighted by Crippen LogP contribution is -2.26. The summed E-state index contributed by atoms with van der Waals surface area (Å²) in [5.74, 6) is 0. The fourth-order valence-corrected chi connectivity index (χ4v) is 15.4. The van der Waals surface area contributed by atoms with Crippen molar-refractivity contribution < 1.29 is 0 Å². The normalized spacial score (nSPS) is 13.9. The molecule has 428 valence electrons. The van der Waals surface area contributed by atoms with Gasteiger partial charge in [0.05, 0.1) is 0 Å². The second-order valence-corrected chi connectivity index (χ2v) is 25.6. The molecule has 82 heavy (non-hydrogen) atoms. The Morgan fingerprint density at radius 2 is 0.695 bits per heavy atom. The minimum Gasteiger partial charge on any atom is -0.0654 e. The molecule has 0 saturated carbocycles. The zero-order chi connectivity index (χ0) is 56.7. The Morgan fingerprint density at radius 1 is 0.329 bits per heavy atom. The van der Waals surface area contributed by atoms with Crippen LogP contribution in [0.2, 0.25) is 0 Å². The summed E-state index contributed by atoms with van der Waals surface area (Å²) in [4.78, 5) is 0. The average molecular weight is 1090 g/mol. The summed E-state index contributed by atoms with van der Waals surface area (Å²) in [5.41, 5.74) is 23.0. The second-order valence-electron chi connectivity index (χ2n) is 25.6. The van der Waals surface area contributed by atoms with Gasteiger partial charge < -0.3 is 0 Å². The summed E-state index contributed by atoms with van der Waals surface area (Å²) in [6.45, 7) is 14.0. The van der Waals surface area contributed by atoms with Crippen molar-refractivity contribution in [3.05, 3.63) is 191 Å². The van der Waals surface area contributed by atoms with Crippen molar-refractivity contribution in [2.45, 2.75) is 232 Å². The van der Waals surface area contributed by atoms with Crippen molar-refractivity contribution >= 4 is 33.2 Å². The molecule has 0 aromatic heterocycles. The molecule has 0 bridgehead atoms. The highest BCUT2D eigenvalue weighted by Crippen LogP contribution is 2.60. The van der Waals surface area contributed by atoms with E-state index in [1.54, 1.807) is 22.3 Å². The van der Waals surface area contributed by atoms with Crippen LogP contribution in [0.4, 0.5) is 0 Å². The lowest BCUT2D eigenvalue weighted by Gasteiger charge is -2.34. The van der Waals surface area contributed by atoms with Crippen molar-refractivity contribution in [2.75, 3.05) is 0 Å². The summed E-state index contributed by atoms with van der Waals surface area (Å²) >= 11 is 0. The fourth-order valence-electron chi connectivity index (χ4n) is 15.4. The first kappa shape index (κ1) is 59.2. The first-order chi connectivity index (χ1) is 40.4. The molecule has 0 amide bonds. The molecule has 2 aliphatic carbocycles. The maximum absolute atomic E-state index is 2.72. The van der Waals surface area contributed by atoms with Crippen LogP contribution in [0.25, 0.3) is 77.7 Å². The Hall–Kier alpha value is -5.98. The van der Waals surface area contributed by atoms with Gasteiger partial charge in [-0.3, -0.25) is 0 Å². The van der Waals surface area contributed by atoms with E-state index in [-0.39, 0.29) is 10.8 Å². The average Bonchev–Trinajstić information content (AvgIpc) is 2.51. The van der Waals surface area contributed by atoms with Crippen LogP contribution in [0.5, 0.6) is 0 Å². The van der Waals surface area contributed by atoms with Crippen molar-refractivity contribution in [1.29, 1.82) is 0 Å². The van der Waals surface area contributed by atoms with E-state index in [0.29, 0.717) is 0 Å². The first-order valence-electron chi connectivity index (χ1n) is 33.6. The van der Waals surface area contributed by atoms with Crippen LogP contribution in [0, 0.1) is 6.92 Å². The molecule has 0 spiro atoms. The van der Waals surface area contributed by atoms with Crippen LogP contribution < -0.4 is 0 Å². The number of rotatable bonds is 32. The van der Waals surface area contributed by atoms with Gasteiger partial charge in [0.15, 0.2) is 0 Å². The number of benzene rings is 8. The van der Waals surface area contributed by atoms with Gasteiger partial charge in [-0.25, -0.2) is 0 Å². The van der Waals surface area contributed by atoms with Gasteiger partial charge in [-0.05, 0) is 157 Å². The van der Waals surface area contributed by atoms with Gasteiger partial charge in [0.1, 0.15) is 0 Å². The van der Waals surface area contributed by atoms with Gasteiger partial charge in [-0.1, -0.05) is 333 Å². The summed E-state index contributed by atoms with van der Waals surface area (Å²) in [5, 5.41) is 5.56. The van der Waals surface area contributed by atoms with E-state index in [9.17, 15) is 0 Å². The predicted octanol–water partition coefficient (Wildman–Crippen LogP) is 25.7. The standard InChI is InChI=1S/C82H100/c1-7-11-15-19-23-34-52-81(53-35-24-20-16-12-8-2)75-56-61(5)44-50-71(75)79-69-42-32-30-40-67(69)73(59-77(79)81)65-46-48-66(49-47-65)74-60-78-80(70-43-33-31-41-68(70)74)72-51-45-63(57-62(6)64-38-28-27-29-39-64)58-76(72)82(78,54-36-25-21-17-13-9-3)55-37-26-22-18-14-10-4/h27-33,38-51,56-60H,7-26,34-37,52-55H2,1-6H3. The first-order valence-corrected chi connectivity index (χ1v) is 33.6. The van der Waals surface area contributed by atoms with Gasteiger partial charge in [0, 0.05) is 10.8 Å². The molecule has 8 aromatic carbocycles. The molecule has 0 saturated heterocycles. The van der Waals surface area contributed by atoms with Gasteiger partial charge in [0.2, 0.25) is 0 Å². The van der Waals surface area contributed by atoms with Gasteiger partial charge in [0.25, 0.3) is 0 Å².